The highest BCUT2D eigenvalue weighted by atomic mass is 19.1. The average Bonchev–Trinajstić information content (AvgIpc) is 3.58. The first-order chi connectivity index (χ1) is 18.5. The van der Waals surface area contributed by atoms with Crippen LogP contribution in [0.3, 0.4) is 0 Å². The van der Waals surface area contributed by atoms with Crippen LogP contribution in [0.15, 0.2) is 23.1 Å². The van der Waals surface area contributed by atoms with Crippen molar-refractivity contribution in [3.63, 3.8) is 0 Å². The molecule has 0 spiro atoms. The van der Waals surface area contributed by atoms with Gasteiger partial charge in [-0.1, -0.05) is 0 Å². The van der Waals surface area contributed by atoms with Crippen LogP contribution in [0.25, 0.3) is 5.69 Å². The van der Waals surface area contributed by atoms with Gasteiger partial charge in [0.05, 0.1) is 17.6 Å². The van der Waals surface area contributed by atoms with Crippen molar-refractivity contribution >= 4 is 17.5 Å². The van der Waals surface area contributed by atoms with Gasteiger partial charge in [0.1, 0.15) is 12.0 Å². The molecule has 2 aliphatic heterocycles. The van der Waals surface area contributed by atoms with Crippen molar-refractivity contribution in [3.8, 4) is 5.69 Å². The Morgan fingerprint density at radius 3 is 2.59 bits per heavy atom. The molecule has 2 aromatic heterocycles. The quantitative estimate of drug-likeness (QED) is 0.505. The molecule has 10 nitrogen and oxygen atoms in total. The Morgan fingerprint density at radius 2 is 1.90 bits per heavy atom. The Morgan fingerprint density at radius 1 is 1.13 bits per heavy atom. The summed E-state index contributed by atoms with van der Waals surface area (Å²) in [4.78, 5) is 25.0. The number of alkyl halides is 1. The molecule has 3 atom stereocenters. The van der Waals surface area contributed by atoms with Gasteiger partial charge >= 0.3 is 5.69 Å². The lowest BCUT2D eigenvalue weighted by Gasteiger charge is -2.49. The van der Waals surface area contributed by atoms with Gasteiger partial charge < -0.3 is 10.2 Å². The molecule has 1 N–H and O–H groups in total. The number of hydrogen-bond donors (Lipinski definition) is 1. The van der Waals surface area contributed by atoms with E-state index in [1.807, 2.05) is 0 Å². The Hall–Kier alpha value is -3.48. The minimum atomic E-state index is -0.853. The van der Waals surface area contributed by atoms with Crippen molar-refractivity contribution in [3.05, 3.63) is 46.0 Å². The fourth-order valence-corrected chi connectivity index (χ4v) is 6.21. The molecule has 3 aliphatic rings. The zero-order valence-electron chi connectivity index (χ0n) is 22.4. The number of nitrogens with zero attached hydrogens (tertiary/aromatic N) is 8. The number of fused-ring (bicyclic) bond motifs is 1. The van der Waals surface area contributed by atoms with Crippen LogP contribution in [0.4, 0.5) is 30.6 Å². The summed E-state index contributed by atoms with van der Waals surface area (Å²) < 4.78 is 46.7. The second kappa shape index (κ2) is 9.32. The molecular formula is C26H32F3N9O. The molecule has 1 aliphatic carbocycles. The molecule has 39 heavy (non-hydrogen) atoms. The highest BCUT2D eigenvalue weighted by Gasteiger charge is 2.47. The predicted molar refractivity (Wildman–Crippen MR) is 139 cm³/mol. The largest absolute Gasteiger partial charge is 0.368 e. The molecule has 1 saturated carbocycles. The summed E-state index contributed by atoms with van der Waals surface area (Å²) in [6.07, 6.45) is 3.88. The van der Waals surface area contributed by atoms with Crippen molar-refractivity contribution in [2.24, 2.45) is 7.05 Å². The predicted octanol–water partition coefficient (Wildman–Crippen LogP) is 3.44. The Kier molecular flexibility index (Phi) is 6.16. The molecule has 0 radical (unpaired) electrons. The summed E-state index contributed by atoms with van der Waals surface area (Å²) in [6, 6.07) is 2.90. The number of anilines is 3. The van der Waals surface area contributed by atoms with Gasteiger partial charge in [0.15, 0.2) is 11.6 Å². The lowest BCUT2D eigenvalue weighted by molar-refractivity contribution is 0.0426. The lowest BCUT2D eigenvalue weighted by atomic mass is 9.83. The second-order valence-electron chi connectivity index (χ2n) is 11.6. The average molecular weight is 544 g/mol. The van der Waals surface area contributed by atoms with Gasteiger partial charge in [0, 0.05) is 38.3 Å². The van der Waals surface area contributed by atoms with Crippen LogP contribution >= 0.6 is 0 Å². The van der Waals surface area contributed by atoms with Crippen LogP contribution in [0.5, 0.6) is 0 Å². The molecule has 3 aromatic rings. The van der Waals surface area contributed by atoms with E-state index in [4.69, 9.17) is 0 Å². The first-order valence-electron chi connectivity index (χ1n) is 13.3. The van der Waals surface area contributed by atoms with E-state index in [1.165, 1.54) is 19.2 Å². The number of tetrazole rings is 1. The van der Waals surface area contributed by atoms with Crippen LogP contribution < -0.4 is 15.9 Å². The van der Waals surface area contributed by atoms with Crippen LogP contribution in [0.2, 0.25) is 0 Å². The van der Waals surface area contributed by atoms with Crippen LogP contribution in [0.1, 0.15) is 57.4 Å². The SMILES string of the molecule is CN(c1nc(Nc2cc(-n3nnn(C)c3=O)c(C3CC3)cc2F)ncc1F)C1CC2CC(F)CN2C(C)(C)C1. The maximum atomic E-state index is 15.2. The van der Waals surface area contributed by atoms with E-state index >= 15 is 8.78 Å². The molecule has 3 fully saturated rings. The summed E-state index contributed by atoms with van der Waals surface area (Å²) in [5, 5.41) is 10.6. The summed E-state index contributed by atoms with van der Waals surface area (Å²) >= 11 is 0. The Bertz CT molecular complexity index is 1470. The Balaban J connectivity index is 1.29. The van der Waals surface area contributed by atoms with Crippen molar-refractivity contribution in [1.82, 2.24) is 34.7 Å². The van der Waals surface area contributed by atoms with Crippen molar-refractivity contribution in [2.45, 2.75) is 75.7 Å². The van der Waals surface area contributed by atoms with E-state index in [0.717, 1.165) is 28.4 Å². The smallest absolute Gasteiger partial charge is 0.354 e. The van der Waals surface area contributed by atoms with Crippen molar-refractivity contribution < 1.29 is 13.2 Å². The number of aromatic nitrogens is 6. The van der Waals surface area contributed by atoms with Gasteiger partial charge in [-0.2, -0.15) is 14.3 Å². The molecule has 1 aromatic carbocycles. The minimum absolute atomic E-state index is 0.00940. The Labute approximate surface area is 223 Å². The molecule has 2 saturated heterocycles. The highest BCUT2D eigenvalue weighted by Crippen LogP contribution is 2.44. The van der Waals surface area contributed by atoms with Gasteiger partial charge in [0.25, 0.3) is 0 Å². The lowest BCUT2D eigenvalue weighted by Crippen LogP contribution is -2.57. The van der Waals surface area contributed by atoms with Crippen molar-refractivity contribution in [1.29, 1.82) is 0 Å². The number of rotatable bonds is 6. The number of nitrogens with one attached hydrogen (secondary N) is 1. The van der Waals surface area contributed by atoms with Gasteiger partial charge in [0.2, 0.25) is 5.95 Å². The monoisotopic (exact) mass is 543 g/mol. The number of halogens is 3. The van der Waals surface area contributed by atoms with E-state index in [1.54, 1.807) is 11.9 Å². The molecule has 208 valence electrons. The number of benzene rings is 1. The second-order valence-corrected chi connectivity index (χ2v) is 11.6. The van der Waals surface area contributed by atoms with Crippen LogP contribution in [0, 0.1) is 11.6 Å². The topological polar surface area (TPSA) is 97.0 Å². The van der Waals surface area contributed by atoms with Crippen LogP contribution in [-0.4, -0.2) is 72.0 Å². The third-order valence-corrected chi connectivity index (χ3v) is 8.36. The number of piperidine rings is 1. The van der Waals surface area contributed by atoms with E-state index in [2.05, 4.69) is 44.5 Å². The fourth-order valence-electron chi connectivity index (χ4n) is 6.21. The van der Waals surface area contributed by atoms with Gasteiger partial charge in [-0.05, 0) is 80.0 Å². The third kappa shape index (κ3) is 4.66. The molecule has 3 unspecified atom stereocenters. The maximum Gasteiger partial charge on any atom is 0.368 e. The summed E-state index contributed by atoms with van der Waals surface area (Å²) in [5.74, 6) is -0.916. The zero-order valence-corrected chi connectivity index (χ0v) is 22.4. The van der Waals surface area contributed by atoms with Gasteiger partial charge in [-0.3, -0.25) is 4.90 Å². The normalized spacial score (nSPS) is 24.5. The molecule has 4 heterocycles. The maximum absolute atomic E-state index is 15.2. The minimum Gasteiger partial charge on any atom is -0.354 e. The van der Waals surface area contributed by atoms with Crippen LogP contribution in [-0.2, 0) is 7.05 Å². The molecular weight excluding hydrogens is 511 g/mol. The van der Waals surface area contributed by atoms with Gasteiger partial charge in [-0.15, -0.1) is 0 Å². The molecule has 6 rings (SSSR count). The third-order valence-electron chi connectivity index (χ3n) is 8.36. The number of hydrogen-bond acceptors (Lipinski definition) is 8. The first-order valence-corrected chi connectivity index (χ1v) is 13.3. The molecule has 0 amide bonds. The standard InChI is InChI=1S/C26H32F3N9O/c1-26(2)11-17(8-16-7-15(27)13-37(16)26)35(3)23-20(29)12-30-24(32-23)31-21-10-22(38-25(39)36(4)33-34-38)18(9-19(21)28)14-5-6-14/h9-10,12,14-17H,5-8,11,13H2,1-4H3,(H,30,31,32). The number of aryl methyl sites for hydroxylation is 1. The zero-order chi connectivity index (χ0) is 27.6. The highest BCUT2D eigenvalue weighted by molar-refractivity contribution is 5.62. The molecule has 0 bridgehead atoms. The summed E-state index contributed by atoms with van der Waals surface area (Å²) in [5.41, 5.74) is 0.440. The molecule has 13 heteroatoms. The summed E-state index contributed by atoms with van der Waals surface area (Å²) in [7, 11) is 3.26. The van der Waals surface area contributed by atoms with E-state index in [9.17, 15) is 9.18 Å². The van der Waals surface area contributed by atoms with E-state index in [-0.39, 0.29) is 41.0 Å². The van der Waals surface area contributed by atoms with Gasteiger partial charge in [-0.25, -0.2) is 22.9 Å². The summed E-state index contributed by atoms with van der Waals surface area (Å²) in [6.45, 7) is 4.61. The fraction of sp³-hybridized carbons (Fsp3) is 0.577. The van der Waals surface area contributed by atoms with Crippen molar-refractivity contribution in [2.75, 3.05) is 23.8 Å². The van der Waals surface area contributed by atoms with E-state index in [0.29, 0.717) is 37.1 Å². The van der Waals surface area contributed by atoms with E-state index < -0.39 is 23.5 Å². The first kappa shape index (κ1) is 25.8.